The lowest BCUT2D eigenvalue weighted by Gasteiger charge is -2.40. The summed E-state index contributed by atoms with van der Waals surface area (Å²) in [5, 5.41) is 3.26. The molecule has 1 unspecified atom stereocenters. The molecule has 3 heterocycles. The van der Waals surface area contributed by atoms with Crippen LogP contribution in [-0.4, -0.2) is 74.8 Å². The van der Waals surface area contributed by atoms with Gasteiger partial charge in [-0.1, -0.05) is 0 Å². The van der Waals surface area contributed by atoms with Crippen LogP contribution in [0.2, 0.25) is 0 Å². The number of piperidine rings is 1. The summed E-state index contributed by atoms with van der Waals surface area (Å²) in [4.78, 5) is 0. The summed E-state index contributed by atoms with van der Waals surface area (Å²) < 4.78 is 39.7. The number of ether oxygens (including phenoxy) is 2. The van der Waals surface area contributed by atoms with Crippen LogP contribution in [0.15, 0.2) is 0 Å². The van der Waals surface area contributed by atoms with Crippen LogP contribution in [0.4, 0.5) is 0 Å². The third-order valence-electron chi connectivity index (χ3n) is 4.28. The molecule has 8 heteroatoms. The van der Waals surface area contributed by atoms with Crippen LogP contribution in [-0.2, 0) is 19.7 Å². The van der Waals surface area contributed by atoms with Crippen molar-refractivity contribution in [1.82, 2.24) is 13.9 Å². The minimum absolute atomic E-state index is 0.205. The fourth-order valence-corrected chi connectivity index (χ4v) is 4.82. The summed E-state index contributed by atoms with van der Waals surface area (Å²) in [6.07, 6.45) is 1.24. The van der Waals surface area contributed by atoms with E-state index < -0.39 is 16.0 Å². The third-order valence-corrected chi connectivity index (χ3v) is 6.28. The van der Waals surface area contributed by atoms with Crippen molar-refractivity contribution in [3.8, 4) is 0 Å². The first-order chi connectivity index (χ1) is 9.52. The largest absolute Gasteiger partial charge is 0.347 e. The minimum Gasteiger partial charge on any atom is -0.347 e. The van der Waals surface area contributed by atoms with Crippen LogP contribution >= 0.6 is 0 Å². The highest BCUT2D eigenvalue weighted by Crippen LogP contribution is 2.32. The van der Waals surface area contributed by atoms with E-state index in [1.54, 1.807) is 8.61 Å². The Hall–Kier alpha value is -0.250. The van der Waals surface area contributed by atoms with Gasteiger partial charge in [0.15, 0.2) is 5.79 Å². The lowest BCUT2D eigenvalue weighted by molar-refractivity contribution is -0.179. The molecule has 0 aliphatic carbocycles. The molecule has 0 radical (unpaired) electrons. The van der Waals surface area contributed by atoms with Crippen LogP contribution in [0, 0.1) is 0 Å². The Morgan fingerprint density at radius 2 is 1.75 bits per heavy atom. The average Bonchev–Trinajstić information content (AvgIpc) is 2.87. The number of rotatable bonds is 2. The molecule has 3 aliphatic heterocycles. The van der Waals surface area contributed by atoms with Crippen molar-refractivity contribution in [3.63, 3.8) is 0 Å². The van der Waals surface area contributed by atoms with E-state index in [-0.39, 0.29) is 6.04 Å². The first kappa shape index (κ1) is 14.7. The van der Waals surface area contributed by atoms with Crippen molar-refractivity contribution in [2.24, 2.45) is 0 Å². The summed E-state index contributed by atoms with van der Waals surface area (Å²) in [7, 11) is -3.35. The van der Waals surface area contributed by atoms with E-state index in [1.165, 1.54) is 0 Å². The van der Waals surface area contributed by atoms with Gasteiger partial charge in [-0.3, -0.25) is 0 Å². The van der Waals surface area contributed by atoms with E-state index in [4.69, 9.17) is 9.47 Å². The summed E-state index contributed by atoms with van der Waals surface area (Å²) >= 11 is 0. The van der Waals surface area contributed by atoms with E-state index in [0.29, 0.717) is 58.8 Å². The van der Waals surface area contributed by atoms with Gasteiger partial charge in [-0.2, -0.15) is 17.0 Å². The second-order valence-electron chi connectivity index (χ2n) is 5.73. The first-order valence-electron chi connectivity index (χ1n) is 7.28. The smallest absolute Gasteiger partial charge is 0.282 e. The van der Waals surface area contributed by atoms with Gasteiger partial charge in [-0.25, -0.2) is 0 Å². The van der Waals surface area contributed by atoms with Crippen molar-refractivity contribution in [2.45, 2.75) is 31.6 Å². The van der Waals surface area contributed by atoms with Crippen LogP contribution in [0.25, 0.3) is 0 Å². The lowest BCUT2D eigenvalue weighted by atomic mass is 10.1. The Balaban J connectivity index is 1.64. The normalized spacial score (nSPS) is 32.8. The van der Waals surface area contributed by atoms with Gasteiger partial charge < -0.3 is 14.8 Å². The van der Waals surface area contributed by atoms with E-state index in [1.807, 2.05) is 6.92 Å². The zero-order valence-electron chi connectivity index (χ0n) is 11.9. The van der Waals surface area contributed by atoms with Crippen LogP contribution in [0.1, 0.15) is 19.8 Å². The van der Waals surface area contributed by atoms with Crippen LogP contribution in [0.5, 0.6) is 0 Å². The molecule has 0 aromatic carbocycles. The van der Waals surface area contributed by atoms with Crippen LogP contribution in [0.3, 0.4) is 0 Å². The summed E-state index contributed by atoms with van der Waals surface area (Å²) in [5.74, 6) is -0.525. The van der Waals surface area contributed by atoms with Crippen molar-refractivity contribution >= 4 is 10.2 Å². The first-order valence-corrected chi connectivity index (χ1v) is 8.68. The van der Waals surface area contributed by atoms with Crippen LogP contribution < -0.4 is 5.32 Å². The standard InChI is InChI=1S/C12H23N3O4S/c1-11-10-15(7-4-13-11)20(16,17)14-5-2-12(3-6-14)18-8-9-19-12/h11,13H,2-10H2,1H3. The molecule has 1 N–H and O–H groups in total. The van der Waals surface area contributed by atoms with E-state index in [0.717, 1.165) is 0 Å². The molecule has 7 nitrogen and oxygen atoms in total. The van der Waals surface area contributed by atoms with Gasteiger partial charge in [0, 0.05) is 51.6 Å². The molecule has 1 spiro atoms. The molecular formula is C12H23N3O4S. The maximum absolute atomic E-state index is 12.6. The van der Waals surface area contributed by atoms with E-state index in [9.17, 15) is 8.42 Å². The number of nitrogens with one attached hydrogen (secondary N) is 1. The number of piperazine rings is 1. The SMILES string of the molecule is CC1CN(S(=O)(=O)N2CCC3(CC2)OCCO3)CCN1. The van der Waals surface area contributed by atoms with Gasteiger partial charge in [-0.05, 0) is 6.92 Å². The lowest BCUT2D eigenvalue weighted by Crippen LogP contribution is -2.57. The number of hydrogen-bond acceptors (Lipinski definition) is 5. The fraction of sp³-hybridized carbons (Fsp3) is 1.00. The molecule has 3 saturated heterocycles. The molecule has 1 atom stereocenters. The van der Waals surface area contributed by atoms with Crippen molar-refractivity contribution in [1.29, 1.82) is 0 Å². The predicted octanol–water partition coefficient (Wildman–Crippen LogP) is -0.636. The summed E-state index contributed by atoms with van der Waals surface area (Å²) in [6, 6.07) is 0.205. The van der Waals surface area contributed by atoms with Crippen molar-refractivity contribution in [3.05, 3.63) is 0 Å². The molecule has 3 aliphatic rings. The topological polar surface area (TPSA) is 71.1 Å². The highest BCUT2D eigenvalue weighted by Gasteiger charge is 2.43. The molecule has 3 rings (SSSR count). The highest BCUT2D eigenvalue weighted by atomic mass is 32.2. The second-order valence-corrected chi connectivity index (χ2v) is 7.66. The van der Waals surface area contributed by atoms with Gasteiger partial charge in [0.1, 0.15) is 0 Å². The fourth-order valence-electron chi connectivity index (χ4n) is 3.11. The maximum atomic E-state index is 12.6. The number of hydrogen-bond donors (Lipinski definition) is 1. The van der Waals surface area contributed by atoms with Gasteiger partial charge >= 0.3 is 0 Å². The summed E-state index contributed by atoms with van der Waals surface area (Å²) in [5.41, 5.74) is 0. The minimum atomic E-state index is -3.35. The monoisotopic (exact) mass is 305 g/mol. The average molecular weight is 305 g/mol. The zero-order valence-corrected chi connectivity index (χ0v) is 12.7. The molecule has 0 amide bonds. The van der Waals surface area contributed by atoms with Gasteiger partial charge in [0.2, 0.25) is 0 Å². The molecule has 3 fully saturated rings. The van der Waals surface area contributed by atoms with Gasteiger partial charge in [-0.15, -0.1) is 0 Å². The Kier molecular flexibility index (Phi) is 4.04. The van der Waals surface area contributed by atoms with Gasteiger partial charge in [0.25, 0.3) is 10.2 Å². The highest BCUT2D eigenvalue weighted by molar-refractivity contribution is 7.86. The summed E-state index contributed by atoms with van der Waals surface area (Å²) in [6.45, 7) is 5.97. The maximum Gasteiger partial charge on any atom is 0.282 e. The van der Waals surface area contributed by atoms with Crippen molar-refractivity contribution < 1.29 is 17.9 Å². The molecule has 0 aromatic rings. The Morgan fingerprint density at radius 1 is 1.10 bits per heavy atom. The molecule has 0 bridgehead atoms. The zero-order chi connectivity index (χ0) is 14.2. The molecular weight excluding hydrogens is 282 g/mol. The quantitative estimate of drug-likeness (QED) is 0.735. The van der Waals surface area contributed by atoms with Crippen molar-refractivity contribution in [2.75, 3.05) is 45.9 Å². The number of nitrogens with zero attached hydrogens (tertiary/aromatic N) is 2. The Labute approximate surface area is 120 Å². The molecule has 20 heavy (non-hydrogen) atoms. The van der Waals surface area contributed by atoms with E-state index >= 15 is 0 Å². The third kappa shape index (κ3) is 2.72. The second kappa shape index (κ2) is 5.51. The van der Waals surface area contributed by atoms with Gasteiger partial charge in [0.05, 0.1) is 13.2 Å². The Morgan fingerprint density at radius 3 is 2.35 bits per heavy atom. The molecule has 0 saturated carbocycles. The van der Waals surface area contributed by atoms with E-state index in [2.05, 4.69) is 5.32 Å². The Bertz CT molecular complexity index is 440. The molecule has 0 aromatic heterocycles. The molecule has 116 valence electrons. The predicted molar refractivity (Wildman–Crippen MR) is 73.4 cm³/mol.